The molecular formula is C23H25N5O2. The first-order valence-corrected chi connectivity index (χ1v) is 9.95. The van der Waals surface area contributed by atoms with Gasteiger partial charge in [-0.15, -0.1) is 0 Å². The fourth-order valence-electron chi connectivity index (χ4n) is 3.72. The third kappa shape index (κ3) is 4.31. The Balaban J connectivity index is 1.61. The molecule has 3 heterocycles. The van der Waals surface area contributed by atoms with Crippen LogP contribution in [0, 0.1) is 5.41 Å². The Labute approximate surface area is 176 Å². The topological polar surface area (TPSA) is 84.2 Å². The standard InChI is InChI=1S/C23H25N5O2/c1-15-12-28(13-16(2)30-15)21-11-20(26-14-27-21)23(24)19-6-4-5-17(9-19)18-7-8-25-22(10-18)29-3/h4-11,14-16,24H,12-13H2,1-3H3. The maximum Gasteiger partial charge on any atom is 0.213 e. The van der Waals surface area contributed by atoms with Crippen LogP contribution in [0.25, 0.3) is 11.1 Å². The summed E-state index contributed by atoms with van der Waals surface area (Å²) in [5.41, 5.74) is 3.71. The summed E-state index contributed by atoms with van der Waals surface area (Å²) in [5.74, 6) is 1.38. The Morgan fingerprint density at radius 1 is 1.03 bits per heavy atom. The first-order chi connectivity index (χ1) is 14.5. The van der Waals surface area contributed by atoms with Crippen LogP contribution in [-0.4, -0.2) is 53.1 Å². The third-order valence-electron chi connectivity index (χ3n) is 5.08. The lowest BCUT2D eigenvalue weighted by molar-refractivity contribution is -0.00546. The average molecular weight is 403 g/mol. The van der Waals surface area contributed by atoms with Crippen molar-refractivity contribution < 1.29 is 9.47 Å². The summed E-state index contributed by atoms with van der Waals surface area (Å²) in [6.07, 6.45) is 3.52. The van der Waals surface area contributed by atoms with Gasteiger partial charge in [-0.3, -0.25) is 5.41 Å². The maximum atomic E-state index is 8.73. The summed E-state index contributed by atoms with van der Waals surface area (Å²) in [5, 5.41) is 8.73. The minimum absolute atomic E-state index is 0.139. The van der Waals surface area contributed by atoms with Gasteiger partial charge in [0.05, 0.1) is 30.7 Å². The Bertz CT molecular complexity index is 1050. The minimum Gasteiger partial charge on any atom is -0.481 e. The van der Waals surface area contributed by atoms with E-state index in [9.17, 15) is 0 Å². The molecule has 0 saturated carbocycles. The molecule has 0 amide bonds. The van der Waals surface area contributed by atoms with E-state index in [-0.39, 0.29) is 12.2 Å². The molecule has 7 heteroatoms. The van der Waals surface area contributed by atoms with E-state index < -0.39 is 0 Å². The molecule has 1 aliphatic heterocycles. The Kier molecular flexibility index (Phi) is 5.72. The predicted molar refractivity (Wildman–Crippen MR) is 116 cm³/mol. The molecule has 7 nitrogen and oxygen atoms in total. The van der Waals surface area contributed by atoms with Crippen molar-refractivity contribution in [2.45, 2.75) is 26.1 Å². The van der Waals surface area contributed by atoms with Crippen molar-refractivity contribution >= 4 is 11.5 Å². The SMILES string of the molecule is COc1cc(-c2cccc(C(=N)c3cc(N4CC(C)OC(C)C4)ncn3)c2)ccn1. The van der Waals surface area contributed by atoms with Crippen LogP contribution in [-0.2, 0) is 4.74 Å². The van der Waals surface area contributed by atoms with Crippen LogP contribution in [0.15, 0.2) is 55.0 Å². The number of pyridine rings is 1. The smallest absolute Gasteiger partial charge is 0.213 e. The summed E-state index contributed by atoms with van der Waals surface area (Å²) < 4.78 is 11.0. The number of nitrogens with one attached hydrogen (secondary N) is 1. The highest BCUT2D eigenvalue weighted by Crippen LogP contribution is 2.25. The number of hydrogen-bond acceptors (Lipinski definition) is 7. The number of nitrogens with zero attached hydrogens (tertiary/aromatic N) is 4. The van der Waals surface area contributed by atoms with E-state index in [4.69, 9.17) is 14.9 Å². The van der Waals surface area contributed by atoms with Crippen molar-refractivity contribution in [2.24, 2.45) is 0 Å². The van der Waals surface area contributed by atoms with Crippen LogP contribution in [0.3, 0.4) is 0 Å². The number of morpholine rings is 1. The van der Waals surface area contributed by atoms with Gasteiger partial charge in [0.25, 0.3) is 0 Å². The normalized spacial score (nSPS) is 18.8. The maximum absolute atomic E-state index is 8.73. The molecule has 1 N–H and O–H groups in total. The second-order valence-corrected chi connectivity index (χ2v) is 7.47. The van der Waals surface area contributed by atoms with E-state index in [1.807, 2.05) is 42.5 Å². The fourth-order valence-corrected chi connectivity index (χ4v) is 3.72. The summed E-state index contributed by atoms with van der Waals surface area (Å²) in [6.45, 7) is 5.67. The van der Waals surface area contributed by atoms with E-state index >= 15 is 0 Å². The van der Waals surface area contributed by atoms with E-state index in [2.05, 4.69) is 33.7 Å². The van der Waals surface area contributed by atoms with Crippen molar-refractivity contribution in [2.75, 3.05) is 25.1 Å². The number of methoxy groups -OCH3 is 1. The summed E-state index contributed by atoms with van der Waals surface area (Å²) in [7, 11) is 1.60. The van der Waals surface area contributed by atoms with E-state index in [1.54, 1.807) is 13.3 Å². The zero-order valence-electron chi connectivity index (χ0n) is 17.4. The zero-order valence-corrected chi connectivity index (χ0v) is 17.4. The molecule has 1 fully saturated rings. The largest absolute Gasteiger partial charge is 0.481 e. The molecule has 2 atom stereocenters. The number of rotatable bonds is 5. The second kappa shape index (κ2) is 8.59. The van der Waals surface area contributed by atoms with Crippen molar-refractivity contribution in [1.82, 2.24) is 15.0 Å². The highest BCUT2D eigenvalue weighted by molar-refractivity contribution is 6.10. The fraction of sp³-hybridized carbons (Fsp3) is 0.304. The van der Waals surface area contributed by atoms with Crippen molar-refractivity contribution in [1.29, 1.82) is 5.41 Å². The van der Waals surface area contributed by atoms with Crippen LogP contribution >= 0.6 is 0 Å². The van der Waals surface area contributed by atoms with Crippen molar-refractivity contribution in [3.05, 3.63) is 66.2 Å². The summed E-state index contributed by atoms with van der Waals surface area (Å²) >= 11 is 0. The lowest BCUT2D eigenvalue weighted by atomic mass is 10.0. The van der Waals surface area contributed by atoms with E-state index in [1.165, 1.54) is 6.33 Å². The van der Waals surface area contributed by atoms with Gasteiger partial charge >= 0.3 is 0 Å². The Morgan fingerprint density at radius 2 is 1.80 bits per heavy atom. The van der Waals surface area contributed by atoms with Gasteiger partial charge in [0.2, 0.25) is 5.88 Å². The van der Waals surface area contributed by atoms with E-state index in [0.29, 0.717) is 17.3 Å². The summed E-state index contributed by atoms with van der Waals surface area (Å²) in [6, 6.07) is 13.5. The van der Waals surface area contributed by atoms with Gasteiger partial charge in [-0.05, 0) is 37.1 Å². The zero-order chi connectivity index (χ0) is 21.1. The molecule has 0 aliphatic carbocycles. The second-order valence-electron chi connectivity index (χ2n) is 7.47. The molecule has 0 radical (unpaired) electrons. The molecular weight excluding hydrogens is 378 g/mol. The molecule has 1 saturated heterocycles. The van der Waals surface area contributed by atoms with Gasteiger partial charge in [0, 0.05) is 37.0 Å². The van der Waals surface area contributed by atoms with Gasteiger partial charge in [-0.1, -0.05) is 18.2 Å². The van der Waals surface area contributed by atoms with Crippen LogP contribution in [0.2, 0.25) is 0 Å². The lowest BCUT2D eigenvalue weighted by Gasteiger charge is -2.36. The van der Waals surface area contributed by atoms with Gasteiger partial charge in [0.15, 0.2) is 0 Å². The molecule has 0 bridgehead atoms. The van der Waals surface area contributed by atoms with Crippen molar-refractivity contribution in [3.63, 3.8) is 0 Å². The molecule has 1 aromatic carbocycles. The molecule has 0 spiro atoms. The number of ether oxygens (including phenoxy) is 2. The molecule has 2 aromatic heterocycles. The number of hydrogen-bond donors (Lipinski definition) is 1. The van der Waals surface area contributed by atoms with Crippen LogP contribution in [0.5, 0.6) is 5.88 Å². The van der Waals surface area contributed by atoms with Gasteiger partial charge in [-0.2, -0.15) is 0 Å². The van der Waals surface area contributed by atoms with E-state index in [0.717, 1.165) is 35.6 Å². The van der Waals surface area contributed by atoms with Gasteiger partial charge in [0.1, 0.15) is 12.1 Å². The molecule has 4 rings (SSSR count). The molecule has 1 aliphatic rings. The monoisotopic (exact) mass is 403 g/mol. The first-order valence-electron chi connectivity index (χ1n) is 9.95. The number of benzene rings is 1. The number of aromatic nitrogens is 3. The Hall–Kier alpha value is -3.32. The first kappa shape index (κ1) is 20.0. The molecule has 30 heavy (non-hydrogen) atoms. The van der Waals surface area contributed by atoms with Gasteiger partial charge in [-0.25, -0.2) is 15.0 Å². The third-order valence-corrected chi connectivity index (χ3v) is 5.08. The highest BCUT2D eigenvalue weighted by Gasteiger charge is 2.23. The Morgan fingerprint density at radius 3 is 2.57 bits per heavy atom. The minimum atomic E-state index is 0.139. The lowest BCUT2D eigenvalue weighted by Crippen LogP contribution is -2.45. The molecule has 3 aromatic rings. The highest BCUT2D eigenvalue weighted by atomic mass is 16.5. The molecule has 2 unspecified atom stereocenters. The quantitative estimate of drug-likeness (QED) is 0.656. The van der Waals surface area contributed by atoms with Crippen molar-refractivity contribution in [3.8, 4) is 17.0 Å². The average Bonchev–Trinajstić information content (AvgIpc) is 2.78. The molecule has 154 valence electrons. The van der Waals surface area contributed by atoms with Crippen LogP contribution in [0.1, 0.15) is 25.1 Å². The predicted octanol–water partition coefficient (Wildman–Crippen LogP) is 3.58. The number of anilines is 1. The summed E-state index contributed by atoms with van der Waals surface area (Å²) in [4.78, 5) is 15.1. The van der Waals surface area contributed by atoms with Gasteiger partial charge < -0.3 is 14.4 Å². The van der Waals surface area contributed by atoms with Crippen LogP contribution in [0.4, 0.5) is 5.82 Å². The van der Waals surface area contributed by atoms with Crippen LogP contribution < -0.4 is 9.64 Å².